The van der Waals surface area contributed by atoms with E-state index in [0.29, 0.717) is 18.3 Å². The molecule has 0 saturated heterocycles. The second-order valence-corrected chi connectivity index (χ2v) is 11.7. The van der Waals surface area contributed by atoms with Crippen LogP contribution in [-0.2, 0) is 10.2 Å². The average Bonchev–Trinajstić information content (AvgIpc) is 2.51. The molecule has 140 valence electrons. The molecule has 4 aliphatic carbocycles. The Morgan fingerprint density at radius 1 is 1.12 bits per heavy atom. The first-order chi connectivity index (χ1) is 12.1. The van der Waals surface area contributed by atoms with Gasteiger partial charge in [0.15, 0.2) is 5.78 Å². The first-order valence-corrected chi connectivity index (χ1v) is 10.5. The van der Waals surface area contributed by atoms with E-state index in [4.69, 9.17) is 0 Å². The van der Waals surface area contributed by atoms with Gasteiger partial charge in [-0.25, -0.2) is 0 Å². The van der Waals surface area contributed by atoms with Gasteiger partial charge in [-0.15, -0.1) is 0 Å². The summed E-state index contributed by atoms with van der Waals surface area (Å²) in [6.45, 7) is 3.75. The highest BCUT2D eigenvalue weighted by Gasteiger charge is 2.58. The third-order valence-electron chi connectivity index (χ3n) is 7.01. The number of Topliss-reactive ketones (excluding diaryl/α,β-unsaturated/α-hetero) is 1. The van der Waals surface area contributed by atoms with Gasteiger partial charge in [0.1, 0.15) is 0 Å². The molecule has 4 fully saturated rings. The molecule has 0 spiro atoms. The summed E-state index contributed by atoms with van der Waals surface area (Å²) < 4.78 is -0.555. The van der Waals surface area contributed by atoms with Crippen molar-refractivity contribution in [2.75, 3.05) is 0 Å². The summed E-state index contributed by atoms with van der Waals surface area (Å²) in [6.07, 6.45) is 7.13. The Bertz CT molecular complexity index is 730. The number of carbonyl (C=O) groups excluding carboxylic acids is 1. The summed E-state index contributed by atoms with van der Waals surface area (Å²) in [5, 5.41) is 9.46. The average molecular weight is 419 g/mol. The Balaban J connectivity index is 1.65. The van der Waals surface area contributed by atoms with E-state index in [2.05, 4.69) is 28.1 Å². The number of alkyl halides is 1. The molecule has 4 bridgehead atoms. The van der Waals surface area contributed by atoms with Crippen LogP contribution in [0, 0.1) is 17.3 Å². The molecule has 3 nitrogen and oxygen atoms in total. The molecule has 0 heterocycles. The molecular weight excluding hydrogens is 392 g/mol. The fourth-order valence-electron chi connectivity index (χ4n) is 6.64. The first-order valence-electron chi connectivity index (χ1n) is 9.67. The molecule has 0 aliphatic heterocycles. The zero-order chi connectivity index (χ0) is 18.7. The van der Waals surface area contributed by atoms with Gasteiger partial charge in [-0.05, 0) is 80.6 Å². The summed E-state index contributed by atoms with van der Waals surface area (Å²) in [7, 11) is 0. The predicted octanol–water partition coefficient (Wildman–Crippen LogP) is 5.36. The Morgan fingerprint density at radius 3 is 2.19 bits per heavy atom. The molecule has 0 aromatic heterocycles. The molecule has 1 aromatic rings. The molecular formula is C22H27BrO3. The van der Waals surface area contributed by atoms with E-state index in [9.17, 15) is 14.7 Å². The van der Waals surface area contributed by atoms with Gasteiger partial charge in [-0.3, -0.25) is 9.59 Å². The molecule has 0 amide bonds. The van der Waals surface area contributed by atoms with Gasteiger partial charge >= 0.3 is 5.97 Å². The second-order valence-electron chi connectivity index (χ2n) is 9.69. The monoisotopic (exact) mass is 418 g/mol. The molecule has 5 rings (SSSR count). The fraction of sp³-hybridized carbons (Fsp3) is 0.636. The molecule has 2 unspecified atom stereocenters. The summed E-state index contributed by atoms with van der Waals surface area (Å²) in [5.41, 5.74) is 2.15. The number of benzene rings is 1. The number of hydrogen-bond acceptors (Lipinski definition) is 2. The molecule has 0 radical (unpaired) electrons. The van der Waals surface area contributed by atoms with Gasteiger partial charge in [0.05, 0.1) is 10.7 Å². The zero-order valence-corrected chi connectivity index (χ0v) is 17.1. The van der Waals surface area contributed by atoms with Crippen molar-refractivity contribution in [1.29, 1.82) is 0 Å². The lowest BCUT2D eigenvalue weighted by Gasteiger charge is -2.62. The smallest absolute Gasteiger partial charge is 0.303 e. The number of carboxylic acids is 1. The Hall–Kier alpha value is -1.16. The summed E-state index contributed by atoms with van der Waals surface area (Å²) >= 11 is 3.46. The van der Waals surface area contributed by atoms with E-state index in [1.54, 1.807) is 0 Å². The number of aliphatic carboxylic acids is 1. The van der Waals surface area contributed by atoms with E-state index in [-0.39, 0.29) is 16.6 Å². The van der Waals surface area contributed by atoms with E-state index >= 15 is 0 Å². The van der Waals surface area contributed by atoms with Crippen LogP contribution >= 0.6 is 15.9 Å². The minimum Gasteiger partial charge on any atom is -0.481 e. The Morgan fingerprint density at radius 2 is 1.69 bits per heavy atom. The fourth-order valence-corrected chi connectivity index (χ4v) is 6.86. The highest BCUT2D eigenvalue weighted by Crippen LogP contribution is 2.66. The van der Waals surface area contributed by atoms with E-state index in [1.165, 1.54) is 24.8 Å². The number of carbonyl (C=O) groups is 2. The van der Waals surface area contributed by atoms with Gasteiger partial charge in [0, 0.05) is 5.56 Å². The van der Waals surface area contributed by atoms with E-state index in [0.717, 1.165) is 24.8 Å². The molecule has 26 heavy (non-hydrogen) atoms. The van der Waals surface area contributed by atoms with Crippen molar-refractivity contribution in [2.45, 2.75) is 68.5 Å². The van der Waals surface area contributed by atoms with Crippen LogP contribution in [0.5, 0.6) is 0 Å². The van der Waals surface area contributed by atoms with Crippen molar-refractivity contribution in [1.82, 2.24) is 0 Å². The van der Waals surface area contributed by atoms with Gasteiger partial charge in [0.2, 0.25) is 0 Å². The molecule has 4 saturated carbocycles. The number of hydrogen-bond donors (Lipinski definition) is 1. The van der Waals surface area contributed by atoms with E-state index < -0.39 is 10.3 Å². The van der Waals surface area contributed by atoms with Crippen molar-refractivity contribution in [3.8, 4) is 0 Å². The summed E-state index contributed by atoms with van der Waals surface area (Å²) in [5.74, 6) is 0.774. The largest absolute Gasteiger partial charge is 0.481 e. The van der Waals surface area contributed by atoms with Crippen LogP contribution in [0.15, 0.2) is 24.3 Å². The summed E-state index contributed by atoms with van der Waals surface area (Å²) in [4.78, 5) is 24.0. The van der Waals surface area contributed by atoms with Crippen LogP contribution in [0.25, 0.3) is 0 Å². The lowest BCUT2D eigenvalue weighted by Crippen LogP contribution is -2.54. The minimum atomic E-state index is -0.650. The van der Waals surface area contributed by atoms with Crippen molar-refractivity contribution in [2.24, 2.45) is 17.3 Å². The van der Waals surface area contributed by atoms with Gasteiger partial charge in [0.25, 0.3) is 0 Å². The van der Waals surface area contributed by atoms with Crippen molar-refractivity contribution >= 4 is 27.7 Å². The van der Waals surface area contributed by atoms with Crippen molar-refractivity contribution in [3.05, 3.63) is 35.4 Å². The lowest BCUT2D eigenvalue weighted by molar-refractivity contribution is -0.146. The van der Waals surface area contributed by atoms with Crippen LogP contribution in [0.2, 0.25) is 0 Å². The summed E-state index contributed by atoms with van der Waals surface area (Å²) in [6, 6.07) is 8.19. The SMILES string of the molecule is CC(C)(Br)C(=O)c1ccc(C23CC4CC(CC(CC(=O)O)(C4)C2)C3)cc1. The maximum absolute atomic E-state index is 12.5. The third kappa shape index (κ3) is 3.04. The van der Waals surface area contributed by atoms with Gasteiger partial charge in [-0.1, -0.05) is 40.2 Å². The predicted molar refractivity (Wildman–Crippen MR) is 105 cm³/mol. The standard InChI is InChI=1S/C22H27BrO3/c1-20(2,23)19(26)16-3-5-17(6-4-16)22-10-14-7-15(11-22)9-21(8-14,13-22)12-18(24)25/h3-6,14-15H,7-13H2,1-2H3,(H,24,25). The number of carboxylic acid groups (broad SMARTS) is 1. The zero-order valence-electron chi connectivity index (χ0n) is 15.6. The van der Waals surface area contributed by atoms with Crippen molar-refractivity contribution in [3.63, 3.8) is 0 Å². The molecule has 4 aliphatic rings. The maximum atomic E-state index is 12.5. The van der Waals surface area contributed by atoms with Crippen LogP contribution in [0.4, 0.5) is 0 Å². The molecule has 1 aromatic carbocycles. The Labute approximate surface area is 163 Å². The maximum Gasteiger partial charge on any atom is 0.303 e. The number of ketones is 1. The topological polar surface area (TPSA) is 54.4 Å². The van der Waals surface area contributed by atoms with E-state index in [1.807, 2.05) is 26.0 Å². The molecule has 2 atom stereocenters. The van der Waals surface area contributed by atoms with Crippen LogP contribution in [-0.4, -0.2) is 21.2 Å². The Kier molecular flexibility index (Phi) is 4.15. The van der Waals surface area contributed by atoms with Gasteiger partial charge < -0.3 is 5.11 Å². The van der Waals surface area contributed by atoms with Crippen LogP contribution in [0.1, 0.15) is 74.7 Å². The third-order valence-corrected chi connectivity index (χ3v) is 7.37. The van der Waals surface area contributed by atoms with Crippen molar-refractivity contribution < 1.29 is 14.7 Å². The molecule has 4 heteroatoms. The highest BCUT2D eigenvalue weighted by molar-refractivity contribution is 9.10. The normalized spacial score (nSPS) is 35.5. The molecule has 1 N–H and O–H groups in total. The van der Waals surface area contributed by atoms with Gasteiger partial charge in [-0.2, -0.15) is 0 Å². The number of halogens is 1. The minimum absolute atomic E-state index is 0.0116. The quantitative estimate of drug-likeness (QED) is 0.517. The second kappa shape index (κ2) is 5.92. The first kappa shape index (κ1) is 18.2. The highest BCUT2D eigenvalue weighted by atomic mass is 79.9. The number of rotatable bonds is 5. The lowest BCUT2D eigenvalue weighted by atomic mass is 9.42. The van der Waals surface area contributed by atoms with Crippen LogP contribution in [0.3, 0.4) is 0 Å². The van der Waals surface area contributed by atoms with Crippen LogP contribution < -0.4 is 0 Å².